The lowest BCUT2D eigenvalue weighted by Crippen LogP contribution is -2.29. The van der Waals surface area contributed by atoms with Gasteiger partial charge in [-0.1, -0.05) is 62.9 Å². The third-order valence-corrected chi connectivity index (χ3v) is 8.48. The molecule has 5 nitrogen and oxygen atoms in total. The highest BCUT2D eigenvalue weighted by molar-refractivity contribution is 6.34. The van der Waals surface area contributed by atoms with E-state index in [0.29, 0.717) is 34.0 Å². The Morgan fingerprint density at radius 3 is 1.67 bits per heavy atom. The summed E-state index contributed by atoms with van der Waals surface area (Å²) in [6.45, 7) is 16.5. The lowest BCUT2D eigenvalue weighted by Gasteiger charge is -2.21. The lowest BCUT2D eigenvalue weighted by atomic mass is 9.92. The number of hydrogen-bond donors (Lipinski definition) is 0. The van der Waals surface area contributed by atoms with Crippen LogP contribution in [0, 0.1) is 13.8 Å². The van der Waals surface area contributed by atoms with E-state index in [0.717, 1.165) is 33.4 Å². The van der Waals surface area contributed by atoms with Gasteiger partial charge in [-0.15, -0.1) is 0 Å². The zero-order chi connectivity index (χ0) is 30.0. The number of nitrogens with zero attached hydrogens (tertiary/aromatic N) is 2. The predicted molar refractivity (Wildman–Crippen MR) is 169 cm³/mol. The van der Waals surface area contributed by atoms with Crippen LogP contribution >= 0.6 is 0 Å². The Kier molecular flexibility index (Phi) is 6.49. The topological polar surface area (TPSA) is 57.7 Å². The maximum absolute atomic E-state index is 13.6. The minimum Gasteiger partial charge on any atom is -0.306 e. The SMILES string of the molecule is C=C1c2ccc(-c3ccc4c(c3)C(=O)N(c3ccc(-c5ccc(C(C)C)cc5C)c(C)c3)C4=O)cc2C(=O)N1C(C)C. The number of benzene rings is 4. The van der Waals surface area contributed by atoms with E-state index < -0.39 is 0 Å². The monoisotopic (exact) mass is 554 g/mol. The number of rotatable bonds is 5. The summed E-state index contributed by atoms with van der Waals surface area (Å²) in [7, 11) is 0. The van der Waals surface area contributed by atoms with Crippen molar-refractivity contribution in [2.24, 2.45) is 0 Å². The number of aryl methyl sites for hydroxylation is 2. The van der Waals surface area contributed by atoms with E-state index in [2.05, 4.69) is 45.5 Å². The van der Waals surface area contributed by atoms with Crippen molar-refractivity contribution in [3.63, 3.8) is 0 Å². The summed E-state index contributed by atoms with van der Waals surface area (Å²) >= 11 is 0. The van der Waals surface area contributed by atoms with Crippen LogP contribution in [-0.2, 0) is 0 Å². The van der Waals surface area contributed by atoms with Crippen molar-refractivity contribution >= 4 is 29.1 Å². The van der Waals surface area contributed by atoms with E-state index >= 15 is 0 Å². The van der Waals surface area contributed by atoms with Crippen LogP contribution in [0.5, 0.6) is 0 Å². The second-order valence-corrected chi connectivity index (χ2v) is 11.9. The molecule has 0 unspecified atom stereocenters. The second kappa shape index (κ2) is 9.95. The Labute approximate surface area is 247 Å². The molecular formula is C37H34N2O3. The van der Waals surface area contributed by atoms with Gasteiger partial charge in [0.1, 0.15) is 0 Å². The first kappa shape index (κ1) is 27.4. The van der Waals surface area contributed by atoms with E-state index in [1.165, 1.54) is 16.0 Å². The molecule has 0 saturated heterocycles. The van der Waals surface area contributed by atoms with E-state index in [1.54, 1.807) is 17.0 Å². The number of fused-ring (bicyclic) bond motifs is 2. The minimum atomic E-state index is -0.349. The van der Waals surface area contributed by atoms with Gasteiger partial charge in [0, 0.05) is 22.9 Å². The van der Waals surface area contributed by atoms with Crippen molar-refractivity contribution in [3.05, 3.63) is 118 Å². The molecular weight excluding hydrogens is 520 g/mol. The average molecular weight is 555 g/mol. The van der Waals surface area contributed by atoms with Crippen LogP contribution in [0.2, 0.25) is 0 Å². The molecule has 4 aromatic carbocycles. The molecule has 0 spiro atoms. The molecule has 0 bridgehead atoms. The fraction of sp³-hybridized carbons (Fsp3) is 0.216. The van der Waals surface area contributed by atoms with Gasteiger partial charge in [0.15, 0.2) is 0 Å². The van der Waals surface area contributed by atoms with Crippen molar-refractivity contribution in [1.82, 2.24) is 4.90 Å². The number of hydrogen-bond acceptors (Lipinski definition) is 3. The standard InChI is InChI=1S/C37H34N2O3/c1-20(2)25-8-12-29(22(5)16-25)30-15-11-28(17-23(30)6)39-35(40)32-14-10-27(19-34(32)37(39)42)26-9-13-31-24(7)38(21(3)4)36(41)33(31)18-26/h8-21H,7H2,1-6H3. The van der Waals surface area contributed by atoms with Crippen molar-refractivity contribution in [3.8, 4) is 22.3 Å². The maximum atomic E-state index is 13.6. The van der Waals surface area contributed by atoms with Crippen molar-refractivity contribution < 1.29 is 14.4 Å². The Hall–Kier alpha value is -4.77. The molecule has 0 fully saturated rings. The molecule has 2 aliphatic rings. The van der Waals surface area contributed by atoms with E-state index in [1.807, 2.05) is 63.2 Å². The largest absolute Gasteiger partial charge is 0.306 e. The molecule has 0 saturated carbocycles. The molecule has 0 N–H and O–H groups in total. The minimum absolute atomic E-state index is 0.00242. The molecule has 4 aromatic rings. The van der Waals surface area contributed by atoms with Gasteiger partial charge in [-0.2, -0.15) is 0 Å². The summed E-state index contributed by atoms with van der Waals surface area (Å²) < 4.78 is 0. The molecule has 210 valence electrons. The van der Waals surface area contributed by atoms with Crippen molar-refractivity contribution in [2.75, 3.05) is 4.90 Å². The fourth-order valence-electron chi connectivity index (χ4n) is 6.17. The summed E-state index contributed by atoms with van der Waals surface area (Å²) in [5.41, 5.74) is 10.7. The quantitative estimate of drug-likeness (QED) is 0.233. The summed E-state index contributed by atoms with van der Waals surface area (Å²) in [5.74, 6) is -0.302. The highest BCUT2D eigenvalue weighted by Crippen LogP contribution is 2.38. The van der Waals surface area contributed by atoms with Crippen LogP contribution in [0.1, 0.15) is 86.9 Å². The zero-order valence-corrected chi connectivity index (χ0v) is 24.9. The summed E-state index contributed by atoms with van der Waals surface area (Å²) in [5, 5.41) is 0. The molecule has 2 heterocycles. The van der Waals surface area contributed by atoms with E-state index in [-0.39, 0.29) is 23.8 Å². The van der Waals surface area contributed by atoms with Gasteiger partial charge in [0.05, 0.1) is 16.8 Å². The summed E-state index contributed by atoms with van der Waals surface area (Å²) in [4.78, 5) is 43.1. The average Bonchev–Trinajstić information content (AvgIpc) is 3.36. The highest BCUT2D eigenvalue weighted by Gasteiger charge is 2.37. The summed E-state index contributed by atoms with van der Waals surface area (Å²) in [6.07, 6.45) is 0. The van der Waals surface area contributed by atoms with Gasteiger partial charge in [-0.25, -0.2) is 4.90 Å². The Balaban J connectivity index is 1.31. The van der Waals surface area contributed by atoms with Gasteiger partial charge in [0.25, 0.3) is 17.7 Å². The number of imide groups is 1. The fourth-order valence-corrected chi connectivity index (χ4v) is 6.17. The third kappa shape index (κ3) is 4.19. The number of carbonyl (C=O) groups is 3. The van der Waals surface area contributed by atoms with Crippen LogP contribution in [0.15, 0.2) is 79.4 Å². The molecule has 3 amide bonds. The zero-order valence-electron chi connectivity index (χ0n) is 24.9. The Morgan fingerprint density at radius 1 is 0.571 bits per heavy atom. The number of anilines is 1. The van der Waals surface area contributed by atoms with Gasteiger partial charge in [-0.05, 0) is 103 Å². The Morgan fingerprint density at radius 2 is 1.10 bits per heavy atom. The molecule has 0 atom stereocenters. The number of amides is 3. The third-order valence-electron chi connectivity index (χ3n) is 8.48. The van der Waals surface area contributed by atoms with Crippen LogP contribution in [0.4, 0.5) is 5.69 Å². The molecule has 2 aliphatic heterocycles. The van der Waals surface area contributed by atoms with Gasteiger partial charge in [0.2, 0.25) is 0 Å². The van der Waals surface area contributed by atoms with Gasteiger partial charge in [-0.3, -0.25) is 14.4 Å². The maximum Gasteiger partial charge on any atom is 0.266 e. The van der Waals surface area contributed by atoms with Gasteiger partial charge >= 0.3 is 0 Å². The molecule has 0 aromatic heterocycles. The second-order valence-electron chi connectivity index (χ2n) is 11.9. The normalized spacial score (nSPS) is 14.5. The molecule has 5 heteroatoms. The summed E-state index contributed by atoms with van der Waals surface area (Å²) in [6, 6.07) is 23.3. The van der Waals surface area contributed by atoms with Crippen LogP contribution in [0.3, 0.4) is 0 Å². The predicted octanol–water partition coefficient (Wildman–Crippen LogP) is 8.40. The lowest BCUT2D eigenvalue weighted by molar-refractivity contribution is 0.0820. The van der Waals surface area contributed by atoms with Gasteiger partial charge < -0.3 is 4.90 Å². The molecule has 42 heavy (non-hydrogen) atoms. The highest BCUT2D eigenvalue weighted by atomic mass is 16.2. The van der Waals surface area contributed by atoms with E-state index in [4.69, 9.17) is 0 Å². The van der Waals surface area contributed by atoms with Crippen LogP contribution < -0.4 is 4.90 Å². The smallest absolute Gasteiger partial charge is 0.266 e. The van der Waals surface area contributed by atoms with Crippen LogP contribution in [-0.4, -0.2) is 28.7 Å². The van der Waals surface area contributed by atoms with Crippen LogP contribution in [0.25, 0.3) is 28.0 Å². The molecule has 6 rings (SSSR count). The number of carbonyl (C=O) groups excluding carboxylic acids is 3. The Bertz CT molecular complexity index is 1850. The van der Waals surface area contributed by atoms with E-state index in [9.17, 15) is 14.4 Å². The molecule has 0 radical (unpaired) electrons. The first-order valence-electron chi connectivity index (χ1n) is 14.4. The molecule has 0 aliphatic carbocycles. The first-order valence-corrected chi connectivity index (χ1v) is 14.4. The van der Waals surface area contributed by atoms with Crippen molar-refractivity contribution in [1.29, 1.82) is 0 Å². The first-order chi connectivity index (χ1) is 20.0. The van der Waals surface area contributed by atoms with Crippen molar-refractivity contribution in [2.45, 2.75) is 53.5 Å².